The lowest BCUT2D eigenvalue weighted by atomic mass is 10.00. The van der Waals surface area contributed by atoms with Crippen LogP contribution in [-0.4, -0.2) is 33.3 Å². The molecule has 2 aromatic heterocycles. The summed E-state index contributed by atoms with van der Waals surface area (Å²) in [5, 5.41) is 7.44. The van der Waals surface area contributed by atoms with Crippen molar-refractivity contribution in [2.45, 2.75) is 39.3 Å². The number of aryl methyl sites for hydroxylation is 3. The van der Waals surface area contributed by atoms with E-state index in [1.807, 2.05) is 25.6 Å². The van der Waals surface area contributed by atoms with Gasteiger partial charge in [0.1, 0.15) is 11.9 Å². The molecule has 0 bridgehead atoms. The molecular formula is C15H20N4O3. The summed E-state index contributed by atoms with van der Waals surface area (Å²) in [4.78, 5) is 16.3. The Labute approximate surface area is 128 Å². The van der Waals surface area contributed by atoms with Gasteiger partial charge in [0.2, 0.25) is 0 Å². The van der Waals surface area contributed by atoms with Gasteiger partial charge in [-0.25, -0.2) is 4.98 Å². The van der Waals surface area contributed by atoms with Crippen molar-refractivity contribution >= 4 is 5.91 Å². The summed E-state index contributed by atoms with van der Waals surface area (Å²) in [6.45, 7) is 6.31. The van der Waals surface area contributed by atoms with Crippen molar-refractivity contribution in [2.75, 3.05) is 6.61 Å². The van der Waals surface area contributed by atoms with E-state index in [1.165, 1.54) is 6.39 Å². The maximum Gasteiger partial charge on any atom is 0.273 e. The van der Waals surface area contributed by atoms with Crippen molar-refractivity contribution in [1.29, 1.82) is 0 Å². The average Bonchev–Trinajstić information content (AvgIpc) is 3.13. The normalized spacial score (nSPS) is 21.3. The van der Waals surface area contributed by atoms with E-state index >= 15 is 0 Å². The first-order chi connectivity index (χ1) is 10.5. The molecule has 3 heterocycles. The number of aromatic nitrogens is 3. The first-order valence-electron chi connectivity index (χ1n) is 7.31. The van der Waals surface area contributed by atoms with Gasteiger partial charge in [-0.1, -0.05) is 0 Å². The first-order valence-corrected chi connectivity index (χ1v) is 7.31. The van der Waals surface area contributed by atoms with Crippen molar-refractivity contribution in [3.05, 3.63) is 34.8 Å². The fourth-order valence-corrected chi connectivity index (χ4v) is 2.98. The van der Waals surface area contributed by atoms with Crippen molar-refractivity contribution in [2.24, 2.45) is 7.05 Å². The lowest BCUT2D eigenvalue weighted by molar-refractivity contribution is 0.0813. The second-order valence-corrected chi connectivity index (χ2v) is 5.63. The molecule has 1 aliphatic heterocycles. The predicted molar refractivity (Wildman–Crippen MR) is 78.5 cm³/mol. The van der Waals surface area contributed by atoms with E-state index in [0.717, 1.165) is 23.4 Å². The Hall–Kier alpha value is -2.15. The highest BCUT2D eigenvalue weighted by Gasteiger charge is 2.35. The van der Waals surface area contributed by atoms with Crippen LogP contribution < -0.4 is 5.32 Å². The maximum absolute atomic E-state index is 12.3. The minimum Gasteiger partial charge on any atom is -0.448 e. The molecule has 0 aliphatic carbocycles. The number of nitrogens with zero attached hydrogens (tertiary/aromatic N) is 3. The number of nitrogens with one attached hydrogen (secondary N) is 1. The number of hydrogen-bond acceptors (Lipinski definition) is 5. The van der Waals surface area contributed by atoms with Crippen molar-refractivity contribution in [3.8, 4) is 0 Å². The van der Waals surface area contributed by atoms with E-state index in [-0.39, 0.29) is 18.1 Å². The van der Waals surface area contributed by atoms with Gasteiger partial charge >= 0.3 is 0 Å². The van der Waals surface area contributed by atoms with Crippen LogP contribution in [0.3, 0.4) is 0 Å². The fourth-order valence-electron chi connectivity index (χ4n) is 2.98. The summed E-state index contributed by atoms with van der Waals surface area (Å²) >= 11 is 0. The van der Waals surface area contributed by atoms with Crippen molar-refractivity contribution in [1.82, 2.24) is 20.1 Å². The van der Waals surface area contributed by atoms with Crippen molar-refractivity contribution < 1.29 is 13.9 Å². The summed E-state index contributed by atoms with van der Waals surface area (Å²) < 4.78 is 12.8. The summed E-state index contributed by atoms with van der Waals surface area (Å²) in [6, 6.07) is -0.0924. The van der Waals surface area contributed by atoms with Crippen LogP contribution in [0.5, 0.6) is 0 Å². The summed E-state index contributed by atoms with van der Waals surface area (Å²) in [7, 11) is 1.91. The molecule has 118 valence electrons. The van der Waals surface area contributed by atoms with Crippen LogP contribution >= 0.6 is 0 Å². The second-order valence-electron chi connectivity index (χ2n) is 5.63. The molecule has 3 rings (SSSR count). The van der Waals surface area contributed by atoms with E-state index in [0.29, 0.717) is 18.1 Å². The molecule has 1 fully saturated rings. The topological polar surface area (TPSA) is 82.2 Å². The zero-order valence-electron chi connectivity index (χ0n) is 13.2. The molecule has 1 amide bonds. The summed E-state index contributed by atoms with van der Waals surface area (Å²) in [6.07, 6.45) is 1.87. The van der Waals surface area contributed by atoms with Gasteiger partial charge in [0.15, 0.2) is 12.1 Å². The van der Waals surface area contributed by atoms with E-state index in [4.69, 9.17) is 9.15 Å². The Morgan fingerprint density at radius 1 is 1.41 bits per heavy atom. The highest BCUT2D eigenvalue weighted by molar-refractivity contribution is 5.93. The molecule has 1 aliphatic rings. The van der Waals surface area contributed by atoms with Gasteiger partial charge in [0.25, 0.3) is 5.91 Å². The van der Waals surface area contributed by atoms with Gasteiger partial charge < -0.3 is 14.5 Å². The van der Waals surface area contributed by atoms with Gasteiger partial charge in [-0.3, -0.25) is 9.48 Å². The zero-order valence-corrected chi connectivity index (χ0v) is 13.2. The van der Waals surface area contributed by atoms with Crippen LogP contribution in [0.15, 0.2) is 10.8 Å². The number of amides is 1. The van der Waals surface area contributed by atoms with Crippen LogP contribution in [0.25, 0.3) is 0 Å². The number of oxazole rings is 1. The molecule has 1 N–H and O–H groups in total. The number of carbonyl (C=O) groups excluding carboxylic acids is 1. The molecule has 2 aromatic rings. The molecule has 2 atom stereocenters. The minimum atomic E-state index is -0.231. The Morgan fingerprint density at radius 3 is 2.77 bits per heavy atom. The molecule has 7 heteroatoms. The minimum absolute atomic E-state index is 0.0924. The van der Waals surface area contributed by atoms with E-state index in [1.54, 1.807) is 6.92 Å². The van der Waals surface area contributed by atoms with E-state index in [2.05, 4.69) is 15.4 Å². The Bertz CT molecular complexity index is 704. The van der Waals surface area contributed by atoms with Gasteiger partial charge in [-0.2, -0.15) is 5.10 Å². The van der Waals surface area contributed by atoms with Gasteiger partial charge in [0.05, 0.1) is 11.7 Å². The van der Waals surface area contributed by atoms with Crippen LogP contribution in [-0.2, 0) is 11.8 Å². The number of rotatable bonds is 3. The Morgan fingerprint density at radius 2 is 2.18 bits per heavy atom. The van der Waals surface area contributed by atoms with E-state index in [9.17, 15) is 4.79 Å². The molecular weight excluding hydrogens is 284 g/mol. The first kappa shape index (κ1) is 14.8. The van der Waals surface area contributed by atoms with Gasteiger partial charge in [-0.15, -0.1) is 0 Å². The molecule has 0 unspecified atom stereocenters. The monoisotopic (exact) mass is 304 g/mol. The summed E-state index contributed by atoms with van der Waals surface area (Å²) in [5.41, 5.74) is 3.37. The number of hydrogen-bond donors (Lipinski definition) is 1. The molecule has 0 radical (unpaired) electrons. The van der Waals surface area contributed by atoms with Gasteiger partial charge in [0, 0.05) is 24.9 Å². The Balaban J connectivity index is 1.82. The molecule has 7 nitrogen and oxygen atoms in total. The number of ether oxygens (including phenoxy) is 1. The average molecular weight is 304 g/mol. The molecule has 1 saturated heterocycles. The quantitative estimate of drug-likeness (QED) is 0.931. The second kappa shape index (κ2) is 5.57. The lowest BCUT2D eigenvalue weighted by Gasteiger charge is -2.20. The van der Waals surface area contributed by atoms with Crippen molar-refractivity contribution in [3.63, 3.8) is 0 Å². The lowest BCUT2D eigenvalue weighted by Crippen LogP contribution is -2.37. The third-order valence-corrected chi connectivity index (χ3v) is 4.22. The largest absolute Gasteiger partial charge is 0.448 e. The highest BCUT2D eigenvalue weighted by atomic mass is 16.5. The standard InChI is InChI=1S/C15H20N4O3/c1-8-12(9(2)19(4)18-8)14-11(5-6-21-14)17-15(20)13-10(3)22-7-16-13/h7,11,14H,5-6H2,1-4H3,(H,17,20)/t11-,14-/m0/s1. The van der Waals surface area contributed by atoms with E-state index < -0.39 is 0 Å². The zero-order chi connectivity index (χ0) is 15.9. The van der Waals surface area contributed by atoms with Crippen LogP contribution in [0.1, 0.15) is 45.7 Å². The smallest absolute Gasteiger partial charge is 0.273 e. The van der Waals surface area contributed by atoms with Crippen LogP contribution in [0.2, 0.25) is 0 Å². The van der Waals surface area contributed by atoms with Gasteiger partial charge in [-0.05, 0) is 27.2 Å². The SMILES string of the molecule is Cc1nn(C)c(C)c1[C@H]1OCC[C@@H]1NC(=O)c1ncoc1C. The Kier molecular flexibility index (Phi) is 3.74. The third kappa shape index (κ3) is 2.41. The number of carbonyl (C=O) groups is 1. The predicted octanol–water partition coefficient (Wildman–Crippen LogP) is 1.59. The molecule has 22 heavy (non-hydrogen) atoms. The van der Waals surface area contributed by atoms with Crippen LogP contribution in [0, 0.1) is 20.8 Å². The third-order valence-electron chi connectivity index (χ3n) is 4.22. The molecule has 0 aromatic carbocycles. The van der Waals surface area contributed by atoms with Crippen LogP contribution in [0.4, 0.5) is 0 Å². The molecule has 0 saturated carbocycles. The summed E-state index contributed by atoms with van der Waals surface area (Å²) in [5.74, 6) is 0.285. The fraction of sp³-hybridized carbons (Fsp3) is 0.533. The molecule has 0 spiro atoms. The highest BCUT2D eigenvalue weighted by Crippen LogP contribution is 2.33. The maximum atomic E-state index is 12.3.